The van der Waals surface area contributed by atoms with Gasteiger partial charge in [0.05, 0.1) is 6.61 Å². The molecule has 0 aromatic rings. The molecule has 2 heterocycles. The largest absolute Gasteiger partial charge is 0.378 e. The minimum Gasteiger partial charge on any atom is -0.378 e. The fourth-order valence-electron chi connectivity index (χ4n) is 2.78. The molecule has 0 radical (unpaired) electrons. The van der Waals surface area contributed by atoms with Crippen molar-refractivity contribution >= 4 is 0 Å². The van der Waals surface area contributed by atoms with Crippen molar-refractivity contribution < 1.29 is 9.47 Å². The van der Waals surface area contributed by atoms with Gasteiger partial charge < -0.3 is 14.8 Å². The van der Waals surface area contributed by atoms with Gasteiger partial charge in [-0.2, -0.15) is 0 Å². The van der Waals surface area contributed by atoms with Gasteiger partial charge in [-0.15, -0.1) is 0 Å². The van der Waals surface area contributed by atoms with E-state index in [9.17, 15) is 0 Å². The van der Waals surface area contributed by atoms with Crippen LogP contribution in [-0.4, -0.2) is 63.0 Å². The number of methoxy groups -OCH3 is 1. The zero-order chi connectivity index (χ0) is 11.4. The molecular weight excluding hydrogens is 204 g/mol. The Hall–Kier alpha value is -0.160. The van der Waals surface area contributed by atoms with Crippen LogP contribution in [-0.2, 0) is 9.47 Å². The summed E-state index contributed by atoms with van der Waals surface area (Å²) in [6.45, 7) is 8.19. The van der Waals surface area contributed by atoms with Gasteiger partial charge in [-0.1, -0.05) is 6.92 Å². The molecule has 2 unspecified atom stereocenters. The molecule has 4 heteroatoms. The van der Waals surface area contributed by atoms with Gasteiger partial charge in [-0.25, -0.2) is 0 Å². The lowest BCUT2D eigenvalue weighted by Gasteiger charge is -2.30. The van der Waals surface area contributed by atoms with E-state index in [1.165, 1.54) is 13.0 Å². The molecule has 0 bridgehead atoms. The molecule has 0 spiro atoms. The molecule has 94 valence electrons. The van der Waals surface area contributed by atoms with Crippen LogP contribution in [0.3, 0.4) is 0 Å². The summed E-state index contributed by atoms with van der Waals surface area (Å²) in [7, 11) is 1.81. The minimum absolute atomic E-state index is 0.0406. The number of hydrogen-bond donors (Lipinski definition) is 1. The second-order valence-corrected chi connectivity index (χ2v) is 4.97. The maximum absolute atomic E-state index is 5.67. The Labute approximate surface area is 98.3 Å². The monoisotopic (exact) mass is 228 g/mol. The lowest BCUT2D eigenvalue weighted by Crippen LogP contribution is -2.45. The Kier molecular flexibility index (Phi) is 4.19. The molecule has 0 aromatic heterocycles. The van der Waals surface area contributed by atoms with Gasteiger partial charge in [0.15, 0.2) is 0 Å². The maximum Gasteiger partial charge on any atom is 0.106 e. The molecule has 0 saturated carbocycles. The van der Waals surface area contributed by atoms with Gasteiger partial charge in [0.25, 0.3) is 0 Å². The standard InChI is InChI=1S/C12H24N2O2/c1-3-13-11-4-6-14(8-11)9-12(15-2)5-7-16-10-12/h11,13H,3-10H2,1-2H3. The number of ether oxygens (including phenoxy) is 2. The van der Waals surface area contributed by atoms with Crippen molar-refractivity contribution in [3.63, 3.8) is 0 Å². The molecule has 2 rings (SSSR count). The molecule has 0 aromatic carbocycles. The fourth-order valence-corrected chi connectivity index (χ4v) is 2.78. The summed E-state index contributed by atoms with van der Waals surface area (Å²) in [4.78, 5) is 2.51. The Morgan fingerprint density at radius 2 is 2.44 bits per heavy atom. The van der Waals surface area contributed by atoms with E-state index in [-0.39, 0.29) is 5.60 Å². The fraction of sp³-hybridized carbons (Fsp3) is 1.00. The Morgan fingerprint density at radius 3 is 3.06 bits per heavy atom. The number of nitrogens with one attached hydrogen (secondary N) is 1. The Balaban J connectivity index is 1.81. The van der Waals surface area contributed by atoms with Gasteiger partial charge in [0.1, 0.15) is 5.60 Å². The van der Waals surface area contributed by atoms with Crippen molar-refractivity contribution in [2.24, 2.45) is 0 Å². The van der Waals surface area contributed by atoms with E-state index in [2.05, 4.69) is 17.1 Å². The van der Waals surface area contributed by atoms with Crippen LogP contribution in [0.15, 0.2) is 0 Å². The minimum atomic E-state index is -0.0406. The third kappa shape index (κ3) is 2.74. The predicted molar refractivity (Wildman–Crippen MR) is 63.7 cm³/mol. The summed E-state index contributed by atoms with van der Waals surface area (Å²) in [6, 6.07) is 0.668. The molecule has 2 atom stereocenters. The van der Waals surface area contributed by atoms with E-state index >= 15 is 0 Å². The lowest BCUT2D eigenvalue weighted by atomic mass is 10.0. The highest BCUT2D eigenvalue weighted by molar-refractivity contribution is 4.91. The lowest BCUT2D eigenvalue weighted by molar-refractivity contribution is -0.0372. The zero-order valence-corrected chi connectivity index (χ0v) is 10.5. The third-order valence-electron chi connectivity index (χ3n) is 3.78. The van der Waals surface area contributed by atoms with Crippen molar-refractivity contribution in [1.29, 1.82) is 0 Å². The third-order valence-corrected chi connectivity index (χ3v) is 3.78. The average molecular weight is 228 g/mol. The summed E-state index contributed by atoms with van der Waals surface area (Å²) < 4.78 is 11.1. The molecule has 2 fully saturated rings. The maximum atomic E-state index is 5.67. The van der Waals surface area contributed by atoms with Gasteiger partial charge in [0.2, 0.25) is 0 Å². The smallest absolute Gasteiger partial charge is 0.106 e. The van der Waals surface area contributed by atoms with E-state index in [1.807, 2.05) is 7.11 Å². The van der Waals surface area contributed by atoms with Crippen LogP contribution in [0.2, 0.25) is 0 Å². The van der Waals surface area contributed by atoms with Crippen LogP contribution in [0.1, 0.15) is 19.8 Å². The van der Waals surface area contributed by atoms with E-state index in [0.29, 0.717) is 6.04 Å². The highest BCUT2D eigenvalue weighted by Gasteiger charge is 2.38. The zero-order valence-electron chi connectivity index (χ0n) is 10.5. The average Bonchev–Trinajstić information content (AvgIpc) is 2.90. The van der Waals surface area contributed by atoms with Crippen LogP contribution in [0, 0.1) is 0 Å². The second kappa shape index (κ2) is 5.45. The number of likely N-dealkylation sites (tertiary alicyclic amines) is 1. The molecule has 16 heavy (non-hydrogen) atoms. The molecule has 1 N–H and O–H groups in total. The van der Waals surface area contributed by atoms with Crippen LogP contribution in [0.5, 0.6) is 0 Å². The first-order valence-corrected chi connectivity index (χ1v) is 6.36. The SMILES string of the molecule is CCNC1CCN(CC2(OC)CCOC2)C1. The summed E-state index contributed by atoms with van der Waals surface area (Å²) in [5.41, 5.74) is -0.0406. The second-order valence-electron chi connectivity index (χ2n) is 4.97. The number of nitrogens with zero attached hydrogens (tertiary/aromatic N) is 1. The number of likely N-dealkylation sites (N-methyl/N-ethyl adjacent to an activating group) is 1. The normalized spacial score (nSPS) is 36.0. The van der Waals surface area contributed by atoms with Gasteiger partial charge in [-0.05, 0) is 19.5 Å². The summed E-state index contributed by atoms with van der Waals surface area (Å²) in [5.74, 6) is 0. The molecule has 2 saturated heterocycles. The van der Waals surface area contributed by atoms with Crippen molar-refractivity contribution in [3.8, 4) is 0 Å². The summed E-state index contributed by atoms with van der Waals surface area (Å²) >= 11 is 0. The summed E-state index contributed by atoms with van der Waals surface area (Å²) in [6.07, 6.45) is 2.29. The topological polar surface area (TPSA) is 33.7 Å². The highest BCUT2D eigenvalue weighted by atomic mass is 16.5. The van der Waals surface area contributed by atoms with E-state index in [1.54, 1.807) is 0 Å². The number of rotatable bonds is 5. The van der Waals surface area contributed by atoms with Crippen molar-refractivity contribution in [3.05, 3.63) is 0 Å². The predicted octanol–water partition coefficient (Wildman–Crippen LogP) is 0.476. The van der Waals surface area contributed by atoms with E-state index < -0.39 is 0 Å². The molecule has 0 aliphatic carbocycles. The van der Waals surface area contributed by atoms with Crippen molar-refractivity contribution in [1.82, 2.24) is 10.2 Å². The van der Waals surface area contributed by atoms with Crippen LogP contribution in [0.25, 0.3) is 0 Å². The number of hydrogen-bond acceptors (Lipinski definition) is 4. The first-order valence-electron chi connectivity index (χ1n) is 6.36. The van der Waals surface area contributed by atoms with Crippen molar-refractivity contribution in [2.45, 2.75) is 31.4 Å². The quantitative estimate of drug-likeness (QED) is 0.742. The van der Waals surface area contributed by atoms with Crippen LogP contribution < -0.4 is 5.32 Å². The van der Waals surface area contributed by atoms with Gasteiger partial charge >= 0.3 is 0 Å². The van der Waals surface area contributed by atoms with Gasteiger partial charge in [-0.3, -0.25) is 4.90 Å². The van der Waals surface area contributed by atoms with Crippen molar-refractivity contribution in [2.75, 3.05) is 46.5 Å². The van der Waals surface area contributed by atoms with Gasteiger partial charge in [0, 0.05) is 39.3 Å². The highest BCUT2D eigenvalue weighted by Crippen LogP contribution is 2.25. The Bertz CT molecular complexity index is 217. The molecule has 2 aliphatic heterocycles. The molecular formula is C12H24N2O2. The van der Waals surface area contributed by atoms with Crippen LogP contribution >= 0.6 is 0 Å². The Morgan fingerprint density at radius 1 is 1.56 bits per heavy atom. The molecule has 4 nitrogen and oxygen atoms in total. The molecule has 0 amide bonds. The van der Waals surface area contributed by atoms with Crippen LogP contribution in [0.4, 0.5) is 0 Å². The first kappa shape index (κ1) is 12.3. The molecule has 2 aliphatic rings. The van der Waals surface area contributed by atoms with E-state index in [4.69, 9.17) is 9.47 Å². The van der Waals surface area contributed by atoms with E-state index in [0.717, 1.165) is 39.3 Å². The summed E-state index contributed by atoms with van der Waals surface area (Å²) in [5, 5.41) is 3.52. The first-order chi connectivity index (χ1) is 7.78.